The summed E-state index contributed by atoms with van der Waals surface area (Å²) in [6, 6.07) is 2.48. The molecule has 2 aromatic carbocycles. The second kappa shape index (κ2) is 12.2. The maximum atomic E-state index is 15.0. The molecule has 0 bridgehead atoms. The van der Waals surface area contributed by atoms with Crippen LogP contribution in [0.2, 0.25) is 0 Å². The average molecular weight is 730 g/mol. The highest BCUT2D eigenvalue weighted by Crippen LogP contribution is 2.57. The van der Waals surface area contributed by atoms with Gasteiger partial charge in [-0.1, -0.05) is 0 Å². The summed E-state index contributed by atoms with van der Waals surface area (Å²) in [6.07, 6.45) is -12.3. The van der Waals surface area contributed by atoms with Crippen molar-refractivity contribution >= 4 is 16.7 Å². The van der Waals surface area contributed by atoms with Crippen LogP contribution < -0.4 is 0 Å². The normalized spacial score (nSPS) is 16.1. The number of nitriles is 3. The fourth-order valence-electron chi connectivity index (χ4n) is 4.69. The first-order valence-electron chi connectivity index (χ1n) is 12.3. The van der Waals surface area contributed by atoms with E-state index in [9.17, 15) is 68.5 Å². The number of hydrogen-bond acceptors (Lipinski definition) is 4. The van der Waals surface area contributed by atoms with Gasteiger partial charge in [-0.25, -0.2) is 48.9 Å². The summed E-state index contributed by atoms with van der Waals surface area (Å²) in [6.45, 7) is 0.639. The van der Waals surface area contributed by atoms with E-state index in [0.717, 1.165) is 18.2 Å². The second-order valence-electron chi connectivity index (χ2n) is 9.58. The lowest BCUT2D eigenvalue weighted by Gasteiger charge is -2.14. The van der Waals surface area contributed by atoms with E-state index in [2.05, 4.69) is 4.98 Å². The molecule has 21 heteroatoms. The summed E-state index contributed by atoms with van der Waals surface area (Å²) in [7, 11) is 0. The number of hydrogen-bond donors (Lipinski definition) is 0. The monoisotopic (exact) mass is 730 g/mol. The smallest absolute Gasteiger partial charge is 0.219 e. The Hall–Kier alpha value is -5.91. The summed E-state index contributed by atoms with van der Waals surface area (Å²) in [5.74, 6) is -31.7. The van der Waals surface area contributed by atoms with Gasteiger partial charge in [0.15, 0.2) is 58.2 Å². The molecule has 4 nitrogen and oxygen atoms in total. The predicted molar refractivity (Wildman–Crippen MR) is 129 cm³/mol. The van der Waals surface area contributed by atoms with Crippen LogP contribution in [0.3, 0.4) is 0 Å². The van der Waals surface area contributed by atoms with E-state index < -0.39 is 143 Å². The van der Waals surface area contributed by atoms with Crippen molar-refractivity contribution in [3.05, 3.63) is 114 Å². The zero-order chi connectivity index (χ0) is 38.1. The molecule has 1 aliphatic rings. The van der Waals surface area contributed by atoms with E-state index in [-0.39, 0.29) is 0 Å². The van der Waals surface area contributed by atoms with Crippen LogP contribution in [0, 0.1) is 105 Å². The predicted octanol–water partition coefficient (Wildman–Crippen LogP) is 9.20. The van der Waals surface area contributed by atoms with E-state index in [1.165, 1.54) is 0 Å². The molecule has 3 aromatic rings. The number of rotatable bonds is 3. The van der Waals surface area contributed by atoms with Gasteiger partial charge in [0.1, 0.15) is 29.3 Å². The van der Waals surface area contributed by atoms with Crippen LogP contribution in [0.1, 0.15) is 33.5 Å². The van der Waals surface area contributed by atoms with Gasteiger partial charge >= 0.3 is 12.4 Å². The number of nitrogens with zero attached hydrogens (tertiary/aromatic N) is 4. The van der Waals surface area contributed by atoms with Gasteiger partial charge < -0.3 is 0 Å². The topological polar surface area (TPSA) is 84.3 Å². The van der Waals surface area contributed by atoms with E-state index in [1.807, 2.05) is 0 Å². The molecule has 1 heterocycles. The summed E-state index contributed by atoms with van der Waals surface area (Å²) in [5.41, 5.74) is -24.8. The standard InChI is InChI=1S/C29H3F17N4/c1-5-17(30)12(22(35)27(40)50-5)6(2-47)9-10(7(3-48)13-18(31)23(36)15(28(41,42)43)24(37)19(13)32)11(9)8(4-49)14-20(33)25(38)16(29(44,45)46)26(39)21(14)34/h1H3/b9-6?,10-7-,11-8+. The summed E-state index contributed by atoms with van der Waals surface area (Å²) >= 11 is 0. The number of benzene rings is 2. The average Bonchev–Trinajstić information content (AvgIpc) is 3.73. The SMILES string of the molecule is Cc1nc(F)c(F)c(C(C#N)=C2C(=C(\C#N)c3c(F)c(F)c(C(F)(F)F)c(F)c3F)/C2=C(\C#N)c2c(F)c(F)c(C(F)(F)F)c(F)c2F)c1F. The van der Waals surface area contributed by atoms with Crippen LogP contribution in [-0.2, 0) is 12.4 Å². The minimum absolute atomic E-state index is 0.639. The second-order valence-corrected chi connectivity index (χ2v) is 9.58. The number of aromatic nitrogens is 1. The van der Waals surface area contributed by atoms with Gasteiger partial charge in [0.25, 0.3) is 0 Å². The van der Waals surface area contributed by atoms with Crippen molar-refractivity contribution in [3.8, 4) is 18.2 Å². The highest BCUT2D eigenvalue weighted by atomic mass is 19.4. The fourth-order valence-corrected chi connectivity index (χ4v) is 4.69. The third kappa shape index (κ3) is 5.46. The van der Waals surface area contributed by atoms with Crippen molar-refractivity contribution in [1.82, 2.24) is 4.98 Å². The molecule has 50 heavy (non-hydrogen) atoms. The van der Waals surface area contributed by atoms with E-state index in [4.69, 9.17) is 0 Å². The number of pyridine rings is 1. The summed E-state index contributed by atoms with van der Waals surface area (Å²) < 4.78 is 241. The van der Waals surface area contributed by atoms with E-state index in [0.29, 0.717) is 6.92 Å². The van der Waals surface area contributed by atoms with Gasteiger partial charge in [-0.15, -0.1) is 0 Å². The number of halogens is 17. The van der Waals surface area contributed by atoms with Gasteiger partial charge in [0.2, 0.25) is 5.95 Å². The molecular weight excluding hydrogens is 727 g/mol. The molecular formula is C29H3F17N4. The Balaban J connectivity index is 2.35. The van der Waals surface area contributed by atoms with Gasteiger partial charge in [0, 0.05) is 16.7 Å². The van der Waals surface area contributed by atoms with Crippen molar-refractivity contribution in [2.45, 2.75) is 19.3 Å². The van der Waals surface area contributed by atoms with Crippen LogP contribution in [0.5, 0.6) is 0 Å². The molecule has 0 aliphatic heterocycles. The van der Waals surface area contributed by atoms with Crippen LogP contribution in [0.4, 0.5) is 74.6 Å². The molecule has 1 aromatic heterocycles. The molecule has 4 rings (SSSR count). The lowest BCUT2D eigenvalue weighted by molar-refractivity contribution is -0.144. The maximum absolute atomic E-state index is 15.0. The van der Waals surface area contributed by atoms with Gasteiger partial charge in [-0.05, 0) is 6.92 Å². The Morgan fingerprint density at radius 2 is 0.700 bits per heavy atom. The maximum Gasteiger partial charge on any atom is 0.422 e. The third-order valence-electron chi connectivity index (χ3n) is 6.82. The highest BCUT2D eigenvalue weighted by molar-refractivity contribution is 6.12. The van der Waals surface area contributed by atoms with Crippen molar-refractivity contribution in [2.24, 2.45) is 0 Å². The van der Waals surface area contributed by atoms with E-state index in [1.54, 1.807) is 0 Å². The summed E-state index contributed by atoms with van der Waals surface area (Å²) in [5, 5.41) is 29.2. The molecule has 0 radical (unpaired) electrons. The molecule has 0 amide bonds. The molecule has 0 spiro atoms. The molecule has 0 N–H and O–H groups in total. The minimum atomic E-state index is -6.16. The van der Waals surface area contributed by atoms with Gasteiger partial charge in [0.05, 0.1) is 39.1 Å². The molecule has 1 saturated carbocycles. The lowest BCUT2D eigenvalue weighted by Crippen LogP contribution is -2.17. The largest absolute Gasteiger partial charge is 0.422 e. The molecule has 1 aliphatic carbocycles. The van der Waals surface area contributed by atoms with Crippen molar-refractivity contribution in [1.29, 1.82) is 15.8 Å². The Morgan fingerprint density at radius 1 is 0.440 bits per heavy atom. The first-order valence-corrected chi connectivity index (χ1v) is 12.3. The Labute approximate surface area is 264 Å². The number of allylic oxidation sites excluding steroid dienone is 6. The Kier molecular flexibility index (Phi) is 9.01. The number of alkyl halides is 6. The quantitative estimate of drug-likeness (QED) is 0.117. The van der Waals surface area contributed by atoms with Crippen LogP contribution in [0.25, 0.3) is 16.7 Å². The number of aryl methyl sites for hydroxylation is 1. The zero-order valence-electron chi connectivity index (χ0n) is 23.2. The summed E-state index contributed by atoms with van der Waals surface area (Å²) in [4.78, 5) is 2.78. The van der Waals surface area contributed by atoms with Gasteiger partial charge in [-0.3, -0.25) is 0 Å². The Bertz CT molecular complexity index is 2090. The fraction of sp³-hybridized carbons (Fsp3) is 0.103. The van der Waals surface area contributed by atoms with Gasteiger partial charge in [-0.2, -0.15) is 46.5 Å². The molecule has 1 fully saturated rings. The molecule has 0 saturated heterocycles. The lowest BCUT2D eigenvalue weighted by atomic mass is 9.98. The van der Waals surface area contributed by atoms with Crippen molar-refractivity contribution in [3.63, 3.8) is 0 Å². The third-order valence-corrected chi connectivity index (χ3v) is 6.82. The van der Waals surface area contributed by atoms with Crippen molar-refractivity contribution in [2.75, 3.05) is 0 Å². The molecule has 0 atom stereocenters. The van der Waals surface area contributed by atoms with Crippen LogP contribution in [0.15, 0.2) is 16.7 Å². The first-order chi connectivity index (χ1) is 23.0. The first kappa shape index (κ1) is 36.9. The zero-order valence-corrected chi connectivity index (χ0v) is 23.2. The highest BCUT2D eigenvalue weighted by Gasteiger charge is 2.49. The van der Waals surface area contributed by atoms with Crippen molar-refractivity contribution < 1.29 is 74.6 Å². The van der Waals surface area contributed by atoms with Crippen LogP contribution in [-0.4, -0.2) is 4.98 Å². The molecule has 258 valence electrons. The van der Waals surface area contributed by atoms with Crippen LogP contribution >= 0.6 is 0 Å². The minimum Gasteiger partial charge on any atom is -0.219 e. The molecule has 0 unspecified atom stereocenters. The van der Waals surface area contributed by atoms with E-state index >= 15 is 22.0 Å². The Morgan fingerprint density at radius 3 is 0.940 bits per heavy atom.